The van der Waals surface area contributed by atoms with E-state index < -0.39 is 0 Å². The fourth-order valence-electron chi connectivity index (χ4n) is 12.5. The number of nitrogens with zero attached hydrogens (tertiary/aromatic N) is 2. The summed E-state index contributed by atoms with van der Waals surface area (Å²) < 4.78 is 30.3. The molecule has 12 rings (SSSR count). The van der Waals surface area contributed by atoms with E-state index in [4.69, 9.17) is 0 Å². The molecule has 0 fully saturated rings. The number of allylic oxidation sites excluding steroid dienone is 10. The Morgan fingerprint density at radius 2 is 0.786 bits per heavy atom. The molecule has 2 unspecified atom stereocenters. The van der Waals surface area contributed by atoms with Crippen molar-refractivity contribution in [2.24, 2.45) is 5.92 Å². The summed E-state index contributed by atoms with van der Waals surface area (Å²) in [5.41, 5.74) is 24.6. The first kappa shape index (κ1) is 55.9. The van der Waals surface area contributed by atoms with Crippen molar-refractivity contribution < 1.29 is 8.78 Å². The Kier molecular flexibility index (Phi) is 14.1. The smallest absolute Gasteiger partial charge is 0.123 e. The Balaban J connectivity index is 1.01. The second-order valence-corrected chi connectivity index (χ2v) is 27.3. The fourth-order valence-corrected chi connectivity index (χ4v) is 12.5. The average Bonchev–Trinajstić information content (AvgIpc) is 1.95. The van der Waals surface area contributed by atoms with Gasteiger partial charge >= 0.3 is 0 Å². The third-order valence-electron chi connectivity index (χ3n) is 17.5. The molecule has 0 N–H and O–H groups in total. The molecule has 0 aliphatic heterocycles. The van der Waals surface area contributed by atoms with E-state index in [1.165, 1.54) is 39.0 Å². The van der Waals surface area contributed by atoms with Crippen molar-refractivity contribution in [3.8, 4) is 44.5 Å². The van der Waals surface area contributed by atoms with Crippen LogP contribution in [0.15, 0.2) is 264 Å². The van der Waals surface area contributed by atoms with Crippen LogP contribution < -0.4 is 9.80 Å². The molecule has 8 aromatic carbocycles. The van der Waals surface area contributed by atoms with Gasteiger partial charge in [0, 0.05) is 34.1 Å². The Labute approximate surface area is 498 Å². The van der Waals surface area contributed by atoms with Crippen LogP contribution in [0.25, 0.3) is 44.5 Å². The zero-order chi connectivity index (χ0) is 59.0. The Bertz CT molecular complexity index is 4060. The monoisotopic (exact) mass is 1100 g/mol. The van der Waals surface area contributed by atoms with Crippen molar-refractivity contribution in [1.29, 1.82) is 0 Å². The van der Waals surface area contributed by atoms with Crippen LogP contribution >= 0.6 is 0 Å². The van der Waals surface area contributed by atoms with E-state index in [0.717, 1.165) is 84.1 Å². The van der Waals surface area contributed by atoms with E-state index in [2.05, 4.69) is 275 Å². The first-order valence-electron chi connectivity index (χ1n) is 29.8. The molecule has 0 radical (unpaired) electrons. The summed E-state index contributed by atoms with van der Waals surface area (Å²) in [5.74, 6) is -0.691. The van der Waals surface area contributed by atoms with Gasteiger partial charge in [0.05, 0.1) is 17.4 Å². The second kappa shape index (κ2) is 21.2. The third kappa shape index (κ3) is 10.7. The van der Waals surface area contributed by atoms with Crippen molar-refractivity contribution in [1.82, 2.24) is 0 Å². The van der Waals surface area contributed by atoms with Gasteiger partial charge in [0.2, 0.25) is 0 Å². The van der Waals surface area contributed by atoms with Crippen LogP contribution in [0, 0.1) is 17.6 Å². The lowest BCUT2D eigenvalue weighted by Crippen LogP contribution is -2.37. The number of halogens is 2. The minimum absolute atomic E-state index is 0.0209. The first-order chi connectivity index (χ1) is 40.0. The number of hydrogen-bond donors (Lipinski definition) is 0. The van der Waals surface area contributed by atoms with Crippen LogP contribution in [-0.2, 0) is 21.7 Å². The number of anilines is 4. The summed E-state index contributed by atoms with van der Waals surface area (Å²) in [6.07, 6.45) is 18.3. The molecule has 0 bridgehead atoms. The van der Waals surface area contributed by atoms with E-state index in [-0.39, 0.29) is 45.3 Å². The summed E-state index contributed by atoms with van der Waals surface area (Å²) in [6.45, 7) is 27.0. The van der Waals surface area contributed by atoms with Gasteiger partial charge in [-0.1, -0.05) is 235 Å². The highest BCUT2D eigenvalue weighted by Crippen LogP contribution is 2.53. The summed E-state index contributed by atoms with van der Waals surface area (Å²) in [6, 6.07) is 63.3. The lowest BCUT2D eigenvalue weighted by atomic mass is 9.67. The number of rotatable bonds is 10. The normalized spacial score (nSPS) is 16.6. The molecule has 4 heteroatoms. The zero-order valence-electron chi connectivity index (χ0n) is 50.7. The maximum Gasteiger partial charge on any atom is 0.123 e. The summed E-state index contributed by atoms with van der Waals surface area (Å²) in [5, 5.41) is 0. The molecule has 2 atom stereocenters. The van der Waals surface area contributed by atoms with Gasteiger partial charge in [0.25, 0.3) is 0 Å². The Hall–Kier alpha value is -8.60. The molecule has 84 heavy (non-hydrogen) atoms. The van der Waals surface area contributed by atoms with Gasteiger partial charge in [-0.25, -0.2) is 8.78 Å². The number of hydrogen-bond acceptors (Lipinski definition) is 2. The van der Waals surface area contributed by atoms with Gasteiger partial charge in [0.1, 0.15) is 11.6 Å². The van der Waals surface area contributed by atoms with Crippen LogP contribution in [0.4, 0.5) is 31.5 Å². The topological polar surface area (TPSA) is 6.48 Å². The molecule has 0 saturated heterocycles. The molecule has 420 valence electrons. The molecular formula is C80H76F2N2. The maximum atomic E-state index is 15.2. The van der Waals surface area contributed by atoms with Crippen molar-refractivity contribution in [3.05, 3.63) is 298 Å². The molecule has 2 nitrogen and oxygen atoms in total. The fraction of sp³-hybridized carbons (Fsp3) is 0.225. The molecule has 4 aliphatic rings. The highest BCUT2D eigenvalue weighted by molar-refractivity contribution is 5.91. The van der Waals surface area contributed by atoms with Crippen LogP contribution in [-0.4, -0.2) is 6.04 Å². The predicted molar refractivity (Wildman–Crippen MR) is 351 cm³/mol. The molecule has 0 amide bonds. The molecule has 0 spiro atoms. The van der Waals surface area contributed by atoms with Crippen LogP contribution in [0.5, 0.6) is 0 Å². The second-order valence-electron chi connectivity index (χ2n) is 27.3. The first-order valence-corrected chi connectivity index (χ1v) is 29.8. The minimum Gasteiger partial charge on any atom is -0.330 e. The van der Waals surface area contributed by atoms with E-state index >= 15 is 8.78 Å². The third-order valence-corrected chi connectivity index (χ3v) is 17.5. The van der Waals surface area contributed by atoms with Gasteiger partial charge in [-0.15, -0.1) is 0 Å². The van der Waals surface area contributed by atoms with Crippen molar-refractivity contribution in [3.63, 3.8) is 0 Å². The highest BCUT2D eigenvalue weighted by Gasteiger charge is 2.41. The van der Waals surface area contributed by atoms with Gasteiger partial charge < -0.3 is 9.80 Å². The Morgan fingerprint density at radius 3 is 1.25 bits per heavy atom. The lowest BCUT2D eigenvalue weighted by Gasteiger charge is -2.44. The van der Waals surface area contributed by atoms with Crippen molar-refractivity contribution >= 4 is 22.7 Å². The Morgan fingerprint density at radius 1 is 0.369 bits per heavy atom. The predicted octanol–water partition coefficient (Wildman–Crippen LogP) is 21.9. The number of benzene rings is 8. The van der Waals surface area contributed by atoms with Crippen molar-refractivity contribution in [2.45, 2.75) is 111 Å². The molecule has 0 heterocycles. The minimum atomic E-state index is -0.289. The molecule has 8 aromatic rings. The summed E-state index contributed by atoms with van der Waals surface area (Å²) in [7, 11) is 0. The van der Waals surface area contributed by atoms with Gasteiger partial charge in [0.15, 0.2) is 0 Å². The van der Waals surface area contributed by atoms with Gasteiger partial charge in [-0.2, -0.15) is 0 Å². The van der Waals surface area contributed by atoms with Crippen molar-refractivity contribution in [2.75, 3.05) is 9.80 Å². The van der Waals surface area contributed by atoms with E-state index in [1.54, 1.807) is 24.3 Å². The van der Waals surface area contributed by atoms with Crippen LogP contribution in [0.3, 0.4) is 0 Å². The molecule has 0 aromatic heterocycles. The van der Waals surface area contributed by atoms with Gasteiger partial charge in [-0.3, -0.25) is 0 Å². The van der Waals surface area contributed by atoms with Crippen LogP contribution in [0.2, 0.25) is 0 Å². The van der Waals surface area contributed by atoms with E-state index in [1.807, 2.05) is 24.3 Å². The van der Waals surface area contributed by atoms with Gasteiger partial charge in [-0.05, 0) is 184 Å². The molecule has 4 aliphatic carbocycles. The lowest BCUT2D eigenvalue weighted by molar-refractivity contribution is 0.590. The maximum absolute atomic E-state index is 15.2. The summed E-state index contributed by atoms with van der Waals surface area (Å²) >= 11 is 0. The highest BCUT2D eigenvalue weighted by atomic mass is 19.1. The average molecular weight is 1100 g/mol. The zero-order valence-corrected chi connectivity index (χ0v) is 50.7. The standard InChI is InChI=1S/C80H76F2N2/c1-77(2,3)59-27-13-51(14-28-59)57-25-47-73(69(49-57)53-17-31-61(32-18-53)79(7,8)9)83(65-39-35-63(81)36-40-65)71-45-23-55-22-44-68-72(46-24-56-21-43-67(71)75(55)76(56)68)84(66-41-37-64(82)38-42-66)74-48-26-58(52-15-29-60(30-16-52)78(4,5)6)50-70(74)54-19-33-62(34-20-54)80(10,11)12/h13-50,71,76H,1-12H3. The SMILES string of the molecule is CC(C)(C)c1ccc(-c2ccc(N(C3=C4C=CC5=C6C(=CC=C(C=C3)C46)C(N(c3ccc(F)cc3)c3ccc(-c4ccc(C(C)(C)C)cc4)cc3-c3ccc(C(C)(C)C)cc3)C=C5)c3ccc(F)cc3)c(-c3ccc(C(C)(C)C)cc3)c2)cc1. The van der Waals surface area contributed by atoms with E-state index in [0.29, 0.717) is 0 Å². The quantitative estimate of drug-likeness (QED) is 0.135. The molecule has 0 saturated carbocycles. The summed E-state index contributed by atoms with van der Waals surface area (Å²) in [4.78, 5) is 4.75. The largest absolute Gasteiger partial charge is 0.330 e. The van der Waals surface area contributed by atoms with E-state index in [9.17, 15) is 0 Å². The molecular weight excluding hydrogens is 1030 g/mol. The van der Waals surface area contributed by atoms with Crippen LogP contribution in [0.1, 0.15) is 105 Å².